The van der Waals surface area contributed by atoms with Gasteiger partial charge < -0.3 is 14.9 Å². The first-order chi connectivity index (χ1) is 7.25. The van der Waals surface area contributed by atoms with E-state index in [-0.39, 0.29) is 19.8 Å². The van der Waals surface area contributed by atoms with Crippen LogP contribution in [0.4, 0.5) is 0 Å². The van der Waals surface area contributed by atoms with Gasteiger partial charge in [0.15, 0.2) is 0 Å². The Bertz CT molecular complexity index is 297. The van der Waals surface area contributed by atoms with Crippen LogP contribution in [0.1, 0.15) is 11.5 Å². The van der Waals surface area contributed by atoms with Crippen LogP contribution in [0.3, 0.4) is 0 Å². The summed E-state index contributed by atoms with van der Waals surface area (Å²) in [5, 5.41) is 17.5. The van der Waals surface area contributed by atoms with Gasteiger partial charge in [0.25, 0.3) is 0 Å². The lowest BCUT2D eigenvalue weighted by Crippen LogP contribution is -2.18. The number of aliphatic hydroxyl groups is 1. The zero-order chi connectivity index (χ0) is 11.1. The molecule has 0 aromatic heterocycles. The number of carbonyl (C=O) groups is 1. The first-order valence-electron chi connectivity index (χ1n) is 4.72. The fraction of sp³-hybridized carbons (Fsp3) is 0.364. The average molecular weight is 210 g/mol. The lowest BCUT2D eigenvalue weighted by molar-refractivity contribution is -0.140. The molecule has 15 heavy (non-hydrogen) atoms. The Morgan fingerprint density at radius 2 is 2.00 bits per heavy atom. The van der Waals surface area contributed by atoms with E-state index in [1.54, 1.807) is 24.3 Å². The topological polar surface area (TPSA) is 66.8 Å². The summed E-state index contributed by atoms with van der Waals surface area (Å²) in [5.41, 5.74) is 0.711. The highest BCUT2D eigenvalue weighted by molar-refractivity contribution is 5.76. The van der Waals surface area contributed by atoms with Gasteiger partial charge in [-0.15, -0.1) is 0 Å². The summed E-state index contributed by atoms with van der Waals surface area (Å²) in [4.78, 5) is 11.0. The molecule has 4 heteroatoms. The molecule has 4 nitrogen and oxygen atoms in total. The number of ether oxygens (including phenoxy) is 1. The van der Waals surface area contributed by atoms with Crippen molar-refractivity contribution in [2.75, 3.05) is 19.8 Å². The van der Waals surface area contributed by atoms with Gasteiger partial charge in [0, 0.05) is 0 Å². The summed E-state index contributed by atoms with van der Waals surface area (Å²) in [5.74, 6) is -1.59. The molecule has 82 valence electrons. The zero-order valence-electron chi connectivity index (χ0n) is 8.30. The van der Waals surface area contributed by atoms with E-state index in [1.165, 1.54) is 0 Å². The summed E-state index contributed by atoms with van der Waals surface area (Å²) in [6, 6.07) is 8.91. The second-order valence-electron chi connectivity index (χ2n) is 3.10. The molecule has 1 atom stereocenters. The number of carboxylic acids is 1. The number of aliphatic carboxylic acids is 1. The Morgan fingerprint density at radius 3 is 2.53 bits per heavy atom. The third kappa shape index (κ3) is 3.69. The molecule has 1 aromatic carbocycles. The van der Waals surface area contributed by atoms with E-state index in [0.717, 1.165) is 0 Å². The molecular formula is C11H14O4. The summed E-state index contributed by atoms with van der Waals surface area (Å²) in [7, 11) is 0. The van der Waals surface area contributed by atoms with Crippen molar-refractivity contribution in [3.8, 4) is 0 Å². The molecule has 0 saturated carbocycles. The van der Waals surface area contributed by atoms with E-state index < -0.39 is 11.9 Å². The van der Waals surface area contributed by atoms with Gasteiger partial charge in [-0.05, 0) is 5.56 Å². The molecule has 1 unspecified atom stereocenters. The fourth-order valence-electron chi connectivity index (χ4n) is 1.26. The van der Waals surface area contributed by atoms with Crippen LogP contribution in [0.25, 0.3) is 0 Å². The van der Waals surface area contributed by atoms with Crippen LogP contribution < -0.4 is 0 Å². The minimum Gasteiger partial charge on any atom is -0.481 e. The zero-order valence-corrected chi connectivity index (χ0v) is 8.30. The van der Waals surface area contributed by atoms with E-state index in [1.807, 2.05) is 6.07 Å². The minimum absolute atomic E-state index is 0.0832. The highest BCUT2D eigenvalue weighted by atomic mass is 16.5. The number of aliphatic hydroxyl groups excluding tert-OH is 1. The van der Waals surface area contributed by atoms with E-state index in [2.05, 4.69) is 0 Å². The predicted molar refractivity (Wildman–Crippen MR) is 54.7 cm³/mol. The fourth-order valence-corrected chi connectivity index (χ4v) is 1.26. The van der Waals surface area contributed by atoms with E-state index in [9.17, 15) is 4.79 Å². The third-order valence-corrected chi connectivity index (χ3v) is 2.02. The van der Waals surface area contributed by atoms with E-state index >= 15 is 0 Å². The number of carboxylic acid groups (broad SMARTS) is 1. The van der Waals surface area contributed by atoms with Crippen molar-refractivity contribution in [3.05, 3.63) is 35.9 Å². The van der Waals surface area contributed by atoms with Crippen LogP contribution in [0.15, 0.2) is 30.3 Å². The maximum Gasteiger partial charge on any atom is 0.313 e. The van der Waals surface area contributed by atoms with Crippen LogP contribution >= 0.6 is 0 Å². The minimum atomic E-state index is -0.917. The van der Waals surface area contributed by atoms with Gasteiger partial charge in [0.2, 0.25) is 0 Å². The second-order valence-corrected chi connectivity index (χ2v) is 3.10. The molecule has 0 bridgehead atoms. The molecule has 0 heterocycles. The smallest absolute Gasteiger partial charge is 0.313 e. The Kier molecular flexibility index (Phi) is 4.80. The molecule has 0 spiro atoms. The number of benzene rings is 1. The lowest BCUT2D eigenvalue weighted by Gasteiger charge is -2.12. The van der Waals surface area contributed by atoms with Crippen molar-refractivity contribution in [2.45, 2.75) is 5.92 Å². The summed E-state index contributed by atoms with van der Waals surface area (Å²) >= 11 is 0. The maximum absolute atomic E-state index is 11.0. The average Bonchev–Trinajstić information content (AvgIpc) is 2.25. The van der Waals surface area contributed by atoms with Crippen LogP contribution in [0.2, 0.25) is 0 Å². The summed E-state index contributed by atoms with van der Waals surface area (Å²) < 4.78 is 5.03. The quantitative estimate of drug-likeness (QED) is 0.683. The predicted octanol–water partition coefficient (Wildman–Crippen LogP) is 0.864. The van der Waals surface area contributed by atoms with Gasteiger partial charge >= 0.3 is 5.97 Å². The Hall–Kier alpha value is -1.39. The Labute approximate surface area is 88.1 Å². The molecule has 2 N–H and O–H groups in total. The number of rotatable bonds is 6. The van der Waals surface area contributed by atoms with Crippen LogP contribution in [-0.4, -0.2) is 36.0 Å². The molecule has 0 saturated heterocycles. The van der Waals surface area contributed by atoms with Crippen molar-refractivity contribution in [1.82, 2.24) is 0 Å². The largest absolute Gasteiger partial charge is 0.481 e. The van der Waals surface area contributed by atoms with Gasteiger partial charge in [0.05, 0.1) is 19.8 Å². The van der Waals surface area contributed by atoms with Crippen LogP contribution in [-0.2, 0) is 9.53 Å². The van der Waals surface area contributed by atoms with Gasteiger partial charge in [-0.25, -0.2) is 0 Å². The van der Waals surface area contributed by atoms with Crippen LogP contribution in [0.5, 0.6) is 0 Å². The van der Waals surface area contributed by atoms with Crippen LogP contribution in [0, 0.1) is 0 Å². The molecule has 0 aliphatic rings. The lowest BCUT2D eigenvalue weighted by atomic mass is 10.0. The molecule has 1 rings (SSSR count). The molecule has 0 fully saturated rings. The Balaban J connectivity index is 2.62. The second kappa shape index (κ2) is 6.16. The molecular weight excluding hydrogens is 196 g/mol. The van der Waals surface area contributed by atoms with E-state index in [0.29, 0.717) is 5.56 Å². The standard InChI is InChI=1S/C11H14O4/c12-6-7-15-8-10(11(13)14)9-4-2-1-3-5-9/h1-5,10,12H,6-8H2,(H,13,14). The van der Waals surface area contributed by atoms with Gasteiger partial charge in [0.1, 0.15) is 5.92 Å². The van der Waals surface area contributed by atoms with Crippen molar-refractivity contribution in [2.24, 2.45) is 0 Å². The third-order valence-electron chi connectivity index (χ3n) is 2.02. The molecule has 0 radical (unpaired) electrons. The molecule has 0 aliphatic carbocycles. The molecule has 1 aromatic rings. The summed E-state index contributed by atoms with van der Waals surface area (Å²) in [6.07, 6.45) is 0. The van der Waals surface area contributed by atoms with Crippen molar-refractivity contribution < 1.29 is 19.7 Å². The van der Waals surface area contributed by atoms with E-state index in [4.69, 9.17) is 14.9 Å². The molecule has 0 aliphatic heterocycles. The monoisotopic (exact) mass is 210 g/mol. The van der Waals surface area contributed by atoms with Gasteiger partial charge in [-0.2, -0.15) is 0 Å². The highest BCUT2D eigenvalue weighted by Gasteiger charge is 2.19. The Morgan fingerprint density at radius 1 is 1.33 bits per heavy atom. The molecule has 0 amide bonds. The SMILES string of the molecule is O=C(O)C(COCCO)c1ccccc1. The van der Waals surface area contributed by atoms with Crippen molar-refractivity contribution in [1.29, 1.82) is 0 Å². The first-order valence-corrected chi connectivity index (χ1v) is 4.72. The number of hydrogen-bond acceptors (Lipinski definition) is 3. The normalized spacial score (nSPS) is 12.3. The maximum atomic E-state index is 11.0. The van der Waals surface area contributed by atoms with Crippen molar-refractivity contribution in [3.63, 3.8) is 0 Å². The highest BCUT2D eigenvalue weighted by Crippen LogP contribution is 2.15. The van der Waals surface area contributed by atoms with Gasteiger partial charge in [-0.1, -0.05) is 30.3 Å². The van der Waals surface area contributed by atoms with Gasteiger partial charge in [-0.3, -0.25) is 4.79 Å². The summed E-state index contributed by atoms with van der Waals surface area (Å²) in [6.45, 7) is 0.150. The van der Waals surface area contributed by atoms with Crippen molar-refractivity contribution >= 4 is 5.97 Å². The number of hydrogen-bond donors (Lipinski definition) is 2. The first kappa shape index (κ1) is 11.7.